The molecule has 0 bridgehead atoms. The Morgan fingerprint density at radius 2 is 2.36 bits per heavy atom. The zero-order valence-electron chi connectivity index (χ0n) is 5.12. The van der Waals surface area contributed by atoms with Crippen LogP contribution >= 0.6 is 11.3 Å². The molecule has 0 aliphatic heterocycles. The van der Waals surface area contributed by atoms with E-state index in [2.05, 4.69) is 4.98 Å². The van der Waals surface area contributed by atoms with Crippen molar-refractivity contribution in [2.24, 2.45) is 0 Å². The fraction of sp³-hybridized carbons (Fsp3) is 0.200. The van der Waals surface area contributed by atoms with Gasteiger partial charge in [-0.05, 0) is 0 Å². The molecule has 0 radical (unpaired) electrons. The van der Waals surface area contributed by atoms with E-state index in [1.807, 2.05) is 0 Å². The van der Waals surface area contributed by atoms with E-state index in [0.717, 1.165) is 5.38 Å². The van der Waals surface area contributed by atoms with Gasteiger partial charge in [-0.25, -0.2) is 18.6 Å². The zero-order valence-corrected chi connectivity index (χ0v) is 5.94. The Hall–Kier alpha value is -1.04. The predicted octanol–water partition coefficient (Wildman–Crippen LogP) is 1.78. The summed E-state index contributed by atoms with van der Waals surface area (Å²) in [5.41, 5.74) is -0.479. The molecule has 0 fully saturated rings. The van der Waals surface area contributed by atoms with Gasteiger partial charge in [-0.1, -0.05) is 0 Å². The van der Waals surface area contributed by atoms with E-state index in [1.54, 1.807) is 0 Å². The number of nitrogens with zero attached hydrogens (tertiary/aromatic N) is 1. The number of hydrogen-bond acceptors (Lipinski definition) is 3. The lowest BCUT2D eigenvalue weighted by atomic mass is 10.5. The van der Waals surface area contributed by atoms with E-state index in [4.69, 9.17) is 5.11 Å². The van der Waals surface area contributed by atoms with Gasteiger partial charge in [0.25, 0.3) is 6.43 Å². The third-order valence-electron chi connectivity index (χ3n) is 0.928. The number of hydrogen-bond donors (Lipinski definition) is 1. The number of carbonyl (C=O) groups is 1. The number of thiazole rings is 1. The maximum atomic E-state index is 11.8. The van der Waals surface area contributed by atoms with Gasteiger partial charge in [0.2, 0.25) is 5.01 Å². The topological polar surface area (TPSA) is 50.2 Å². The van der Waals surface area contributed by atoms with Crippen LogP contribution in [0.1, 0.15) is 21.9 Å². The van der Waals surface area contributed by atoms with Crippen molar-refractivity contribution in [1.29, 1.82) is 0 Å². The highest BCUT2D eigenvalue weighted by atomic mass is 32.1. The first-order valence-electron chi connectivity index (χ1n) is 2.58. The first-order chi connectivity index (χ1) is 5.11. The quantitative estimate of drug-likeness (QED) is 0.752. The van der Waals surface area contributed by atoms with Crippen LogP contribution in [0, 0.1) is 0 Å². The van der Waals surface area contributed by atoms with E-state index >= 15 is 0 Å². The van der Waals surface area contributed by atoms with Crippen molar-refractivity contribution in [3.63, 3.8) is 0 Å². The Morgan fingerprint density at radius 1 is 1.73 bits per heavy atom. The number of rotatable bonds is 2. The van der Waals surface area contributed by atoms with Gasteiger partial charge in [0, 0.05) is 5.38 Å². The molecule has 60 valence electrons. The minimum Gasteiger partial charge on any atom is -0.476 e. The van der Waals surface area contributed by atoms with Crippen LogP contribution in [0.15, 0.2) is 5.38 Å². The van der Waals surface area contributed by atoms with Crippen LogP contribution in [0.4, 0.5) is 8.78 Å². The first kappa shape index (κ1) is 8.06. The molecular formula is C5H3F2NO2S. The fourth-order valence-corrected chi connectivity index (χ4v) is 1.13. The van der Waals surface area contributed by atoms with Gasteiger partial charge in [-0.2, -0.15) is 0 Å². The first-order valence-corrected chi connectivity index (χ1v) is 3.46. The molecule has 0 spiro atoms. The summed E-state index contributed by atoms with van der Waals surface area (Å²) in [4.78, 5) is 13.3. The normalized spacial score (nSPS) is 10.5. The minimum atomic E-state index is -2.70. The van der Waals surface area contributed by atoms with Gasteiger partial charge in [-0.3, -0.25) is 0 Å². The maximum absolute atomic E-state index is 11.8. The van der Waals surface area contributed by atoms with Gasteiger partial charge >= 0.3 is 5.97 Å². The third-order valence-corrected chi connectivity index (χ3v) is 1.78. The Balaban J connectivity index is 2.90. The van der Waals surface area contributed by atoms with E-state index < -0.39 is 18.1 Å². The predicted molar refractivity (Wildman–Crippen MR) is 34.0 cm³/mol. The molecular weight excluding hydrogens is 176 g/mol. The van der Waals surface area contributed by atoms with Crippen molar-refractivity contribution >= 4 is 17.3 Å². The molecule has 1 rings (SSSR count). The summed E-state index contributed by atoms with van der Waals surface area (Å²) in [5.74, 6) is -1.28. The molecule has 1 N–H and O–H groups in total. The summed E-state index contributed by atoms with van der Waals surface area (Å²) in [5, 5.41) is 9.01. The van der Waals surface area contributed by atoms with Gasteiger partial charge in [-0.15, -0.1) is 11.3 Å². The van der Waals surface area contributed by atoms with Crippen LogP contribution in [-0.2, 0) is 0 Å². The molecule has 11 heavy (non-hydrogen) atoms. The van der Waals surface area contributed by atoms with E-state index in [9.17, 15) is 13.6 Å². The number of aromatic carboxylic acids is 1. The maximum Gasteiger partial charge on any atom is 0.365 e. The highest BCUT2D eigenvalue weighted by molar-refractivity contribution is 7.11. The molecule has 0 aliphatic rings. The second kappa shape index (κ2) is 2.91. The second-order valence-electron chi connectivity index (χ2n) is 1.68. The molecule has 0 atom stereocenters. The third kappa shape index (κ3) is 1.70. The molecule has 0 unspecified atom stereocenters. The average molecular weight is 179 g/mol. The molecule has 0 saturated carbocycles. The van der Waals surface area contributed by atoms with Crippen molar-refractivity contribution < 1.29 is 18.7 Å². The lowest BCUT2D eigenvalue weighted by Crippen LogP contribution is -1.95. The molecule has 6 heteroatoms. The number of carboxylic acid groups (broad SMARTS) is 1. The van der Waals surface area contributed by atoms with Crippen molar-refractivity contribution in [2.75, 3.05) is 0 Å². The molecule has 3 nitrogen and oxygen atoms in total. The summed E-state index contributed by atoms with van der Waals surface area (Å²) in [6.07, 6.45) is -2.70. The lowest BCUT2D eigenvalue weighted by Gasteiger charge is -1.87. The smallest absolute Gasteiger partial charge is 0.365 e. The summed E-state index contributed by atoms with van der Waals surface area (Å²) >= 11 is 0.695. The SMILES string of the molecule is O=C(O)c1nc(C(F)F)cs1. The Bertz CT molecular complexity index is 273. The summed E-state index contributed by atoms with van der Waals surface area (Å²) in [6, 6.07) is 0. The summed E-state index contributed by atoms with van der Waals surface area (Å²) < 4.78 is 23.6. The summed E-state index contributed by atoms with van der Waals surface area (Å²) in [7, 11) is 0. The van der Waals surface area contributed by atoms with E-state index in [-0.39, 0.29) is 5.01 Å². The van der Waals surface area contributed by atoms with Crippen LogP contribution in [0.3, 0.4) is 0 Å². The molecule has 0 amide bonds. The van der Waals surface area contributed by atoms with Crippen molar-refractivity contribution in [3.8, 4) is 0 Å². The van der Waals surface area contributed by atoms with E-state index in [1.165, 1.54) is 0 Å². The van der Waals surface area contributed by atoms with Gasteiger partial charge < -0.3 is 5.11 Å². The van der Waals surface area contributed by atoms with Crippen molar-refractivity contribution in [1.82, 2.24) is 4.98 Å². The summed E-state index contributed by atoms with van der Waals surface area (Å²) in [6.45, 7) is 0. The van der Waals surface area contributed by atoms with Gasteiger partial charge in [0.05, 0.1) is 0 Å². The molecule has 1 heterocycles. The number of carboxylic acids is 1. The van der Waals surface area contributed by atoms with Crippen LogP contribution in [0.5, 0.6) is 0 Å². The number of aromatic nitrogens is 1. The number of halogens is 2. The lowest BCUT2D eigenvalue weighted by molar-refractivity contribution is 0.0695. The molecule has 0 aliphatic carbocycles. The molecule has 0 aromatic carbocycles. The standard InChI is InChI=1S/C5H3F2NO2S/c6-3(7)2-1-11-4(8-2)5(9)10/h1,3H,(H,9,10). The van der Waals surface area contributed by atoms with Crippen LogP contribution in [-0.4, -0.2) is 16.1 Å². The van der Waals surface area contributed by atoms with Crippen LogP contribution in [0.2, 0.25) is 0 Å². The van der Waals surface area contributed by atoms with Crippen molar-refractivity contribution in [3.05, 3.63) is 16.1 Å². The van der Waals surface area contributed by atoms with Crippen LogP contribution in [0.25, 0.3) is 0 Å². The highest BCUT2D eigenvalue weighted by Gasteiger charge is 2.14. The monoisotopic (exact) mass is 179 g/mol. The van der Waals surface area contributed by atoms with E-state index in [0.29, 0.717) is 11.3 Å². The Kier molecular flexibility index (Phi) is 2.13. The number of alkyl halides is 2. The van der Waals surface area contributed by atoms with Gasteiger partial charge in [0.15, 0.2) is 0 Å². The molecule has 0 saturated heterocycles. The minimum absolute atomic E-state index is 0.305. The van der Waals surface area contributed by atoms with Crippen molar-refractivity contribution in [2.45, 2.75) is 6.43 Å². The molecule has 1 aromatic rings. The fourth-order valence-electron chi connectivity index (χ4n) is 0.485. The second-order valence-corrected chi connectivity index (χ2v) is 2.54. The average Bonchev–Trinajstić information content (AvgIpc) is 2.33. The Labute approximate surface area is 64.3 Å². The van der Waals surface area contributed by atoms with Crippen LogP contribution < -0.4 is 0 Å². The Morgan fingerprint density at radius 3 is 2.64 bits per heavy atom. The molecule has 1 aromatic heterocycles. The van der Waals surface area contributed by atoms with Gasteiger partial charge in [0.1, 0.15) is 5.69 Å². The zero-order chi connectivity index (χ0) is 8.43. The largest absolute Gasteiger partial charge is 0.476 e. The highest BCUT2D eigenvalue weighted by Crippen LogP contribution is 2.20.